The van der Waals surface area contributed by atoms with Gasteiger partial charge in [0.1, 0.15) is 6.29 Å². The summed E-state index contributed by atoms with van der Waals surface area (Å²) in [7, 11) is 0. The molecule has 0 atom stereocenters. The average molecular weight is 294 g/mol. The molecule has 21 heavy (non-hydrogen) atoms. The number of aryl methyl sites for hydroxylation is 2. The molecule has 0 aromatic carbocycles. The topological polar surface area (TPSA) is 73.7 Å². The Kier molecular flexibility index (Phi) is 6.78. The fraction of sp³-hybridized carbons (Fsp3) is 0.625. The lowest BCUT2D eigenvalue weighted by atomic mass is 10.1. The minimum Gasteiger partial charge on any atom is -0.391 e. The molecule has 0 saturated heterocycles. The van der Waals surface area contributed by atoms with Gasteiger partial charge >= 0.3 is 0 Å². The van der Waals surface area contributed by atoms with Crippen LogP contribution in [0.15, 0.2) is 12.1 Å². The molecule has 0 saturated carbocycles. The van der Waals surface area contributed by atoms with Crippen LogP contribution in [0.2, 0.25) is 0 Å². The van der Waals surface area contributed by atoms with Crippen molar-refractivity contribution in [1.82, 2.24) is 4.98 Å². The number of anilines is 1. The van der Waals surface area contributed by atoms with E-state index in [0.717, 1.165) is 43.2 Å². The molecule has 2 rings (SSSR count). The predicted octanol–water partition coefficient (Wildman–Crippen LogP) is 2.52. The zero-order chi connectivity index (χ0) is 15.9. The number of nitrogens with zero attached hydrogens (tertiary/aromatic N) is 2. The smallest absolute Gasteiger partial charge is 0.155 e. The first-order chi connectivity index (χ1) is 9.81. The molecular formula is C16H26N2O3. The van der Waals surface area contributed by atoms with Gasteiger partial charge in [0, 0.05) is 18.7 Å². The second-order valence-electron chi connectivity index (χ2n) is 6.24. The Labute approximate surface area is 126 Å². The number of fused-ring (bicyclic) bond motifs is 1. The molecule has 2 heterocycles. The van der Waals surface area contributed by atoms with E-state index in [1.165, 1.54) is 5.06 Å². The standard InChI is InChI=1S/C12H16N2O2.C4H10O/c15-9-2-1-5-11-7-6-10-4-3-8-14(16)12(10)13-11;1-4(2,3)5/h6-7,9,16H,1-5,8H2;5H,1-3H3. The summed E-state index contributed by atoms with van der Waals surface area (Å²) in [6.45, 7) is 5.88. The molecule has 118 valence electrons. The van der Waals surface area contributed by atoms with Crippen molar-refractivity contribution in [3.8, 4) is 0 Å². The Morgan fingerprint density at radius 3 is 2.67 bits per heavy atom. The molecule has 5 nitrogen and oxygen atoms in total. The molecule has 0 aliphatic carbocycles. The van der Waals surface area contributed by atoms with Gasteiger partial charge in [0.05, 0.1) is 5.60 Å². The third-order valence-electron chi connectivity index (χ3n) is 2.83. The summed E-state index contributed by atoms with van der Waals surface area (Å²) in [5.74, 6) is 0.690. The van der Waals surface area contributed by atoms with Crippen LogP contribution in [0.4, 0.5) is 5.82 Å². The van der Waals surface area contributed by atoms with Crippen LogP contribution in [0.1, 0.15) is 51.3 Å². The van der Waals surface area contributed by atoms with E-state index in [0.29, 0.717) is 18.8 Å². The molecule has 1 aromatic rings. The highest BCUT2D eigenvalue weighted by Gasteiger charge is 2.16. The molecule has 1 aliphatic heterocycles. The van der Waals surface area contributed by atoms with Gasteiger partial charge in [-0.25, -0.2) is 10.0 Å². The highest BCUT2D eigenvalue weighted by molar-refractivity contribution is 5.49. The Balaban J connectivity index is 0.000000383. The fourth-order valence-corrected chi connectivity index (χ4v) is 1.97. The van der Waals surface area contributed by atoms with Gasteiger partial charge in [0.25, 0.3) is 0 Å². The van der Waals surface area contributed by atoms with Crippen LogP contribution in [0.3, 0.4) is 0 Å². The van der Waals surface area contributed by atoms with Gasteiger partial charge in [0.2, 0.25) is 0 Å². The van der Waals surface area contributed by atoms with Crippen LogP contribution in [0.25, 0.3) is 0 Å². The van der Waals surface area contributed by atoms with Crippen LogP contribution in [-0.4, -0.2) is 33.7 Å². The Morgan fingerprint density at radius 1 is 1.38 bits per heavy atom. The Hall–Kier alpha value is -1.46. The predicted molar refractivity (Wildman–Crippen MR) is 82.7 cm³/mol. The summed E-state index contributed by atoms with van der Waals surface area (Å²) in [5.41, 5.74) is 1.55. The lowest BCUT2D eigenvalue weighted by Crippen LogP contribution is -2.26. The summed E-state index contributed by atoms with van der Waals surface area (Å²) in [6.07, 6.45) is 5.06. The summed E-state index contributed by atoms with van der Waals surface area (Å²) in [5, 5.41) is 19.4. The Morgan fingerprint density at radius 2 is 2.05 bits per heavy atom. The number of unbranched alkanes of at least 4 members (excludes halogenated alkanes) is 1. The molecule has 0 radical (unpaired) electrons. The van der Waals surface area contributed by atoms with Gasteiger partial charge in [-0.3, -0.25) is 5.21 Å². The number of hydrogen-bond donors (Lipinski definition) is 2. The van der Waals surface area contributed by atoms with E-state index >= 15 is 0 Å². The fourth-order valence-electron chi connectivity index (χ4n) is 1.97. The second-order valence-corrected chi connectivity index (χ2v) is 6.24. The first-order valence-electron chi connectivity index (χ1n) is 7.42. The van der Waals surface area contributed by atoms with E-state index in [9.17, 15) is 10.0 Å². The zero-order valence-corrected chi connectivity index (χ0v) is 13.2. The second kappa shape index (κ2) is 8.10. The summed E-state index contributed by atoms with van der Waals surface area (Å²) in [6, 6.07) is 4.02. The summed E-state index contributed by atoms with van der Waals surface area (Å²) in [4.78, 5) is 14.6. The van der Waals surface area contributed by atoms with E-state index in [1.54, 1.807) is 20.8 Å². The number of aromatic nitrogens is 1. The monoisotopic (exact) mass is 294 g/mol. The number of aliphatic hydroxyl groups is 1. The van der Waals surface area contributed by atoms with Gasteiger partial charge in [-0.2, -0.15) is 0 Å². The van der Waals surface area contributed by atoms with Crippen LogP contribution < -0.4 is 5.06 Å². The number of hydrogen-bond acceptors (Lipinski definition) is 5. The summed E-state index contributed by atoms with van der Waals surface area (Å²) >= 11 is 0. The largest absolute Gasteiger partial charge is 0.391 e. The van der Waals surface area contributed by atoms with Crippen molar-refractivity contribution < 1.29 is 15.1 Å². The van der Waals surface area contributed by atoms with Crippen LogP contribution in [0.5, 0.6) is 0 Å². The van der Waals surface area contributed by atoms with Crippen molar-refractivity contribution in [2.45, 2.75) is 58.5 Å². The Bertz CT molecular complexity index is 449. The van der Waals surface area contributed by atoms with E-state index in [2.05, 4.69) is 4.98 Å². The van der Waals surface area contributed by atoms with Crippen molar-refractivity contribution in [2.75, 3.05) is 11.6 Å². The molecule has 5 heteroatoms. The number of hydroxylamine groups is 1. The van der Waals surface area contributed by atoms with Crippen molar-refractivity contribution in [3.05, 3.63) is 23.4 Å². The number of aldehydes is 1. The molecule has 1 aromatic heterocycles. The third kappa shape index (κ3) is 7.20. The number of pyridine rings is 1. The lowest BCUT2D eigenvalue weighted by molar-refractivity contribution is -0.107. The van der Waals surface area contributed by atoms with E-state index in [-0.39, 0.29) is 0 Å². The lowest BCUT2D eigenvalue weighted by Gasteiger charge is -2.24. The number of rotatable bonds is 4. The van der Waals surface area contributed by atoms with E-state index in [1.807, 2.05) is 12.1 Å². The molecule has 0 bridgehead atoms. The normalized spacial score (nSPS) is 14.0. The van der Waals surface area contributed by atoms with Crippen LogP contribution in [-0.2, 0) is 17.6 Å². The molecule has 1 aliphatic rings. The minimum absolute atomic E-state index is 0.500. The number of carbonyl (C=O) groups is 1. The molecular weight excluding hydrogens is 268 g/mol. The first kappa shape index (κ1) is 17.6. The minimum atomic E-state index is -0.500. The highest BCUT2D eigenvalue weighted by atomic mass is 16.5. The molecule has 0 fully saturated rings. The molecule has 0 spiro atoms. The van der Waals surface area contributed by atoms with Crippen LogP contribution >= 0.6 is 0 Å². The first-order valence-corrected chi connectivity index (χ1v) is 7.42. The van der Waals surface area contributed by atoms with Crippen molar-refractivity contribution in [1.29, 1.82) is 0 Å². The van der Waals surface area contributed by atoms with E-state index in [4.69, 9.17) is 5.11 Å². The van der Waals surface area contributed by atoms with Crippen molar-refractivity contribution in [3.63, 3.8) is 0 Å². The SMILES string of the molecule is CC(C)(C)O.O=CCCCc1ccc2c(n1)N(O)CCC2. The van der Waals surface area contributed by atoms with E-state index < -0.39 is 5.60 Å². The van der Waals surface area contributed by atoms with Gasteiger partial charge < -0.3 is 9.90 Å². The van der Waals surface area contributed by atoms with Gasteiger partial charge in [0.15, 0.2) is 5.82 Å². The molecule has 2 N–H and O–H groups in total. The maximum absolute atomic E-state index is 10.2. The molecule has 0 amide bonds. The zero-order valence-electron chi connectivity index (χ0n) is 13.2. The maximum atomic E-state index is 10.2. The average Bonchev–Trinajstić information content (AvgIpc) is 2.38. The number of carbonyl (C=O) groups excluding carboxylic acids is 1. The van der Waals surface area contributed by atoms with Gasteiger partial charge in [-0.05, 0) is 58.1 Å². The van der Waals surface area contributed by atoms with Gasteiger partial charge in [-0.15, -0.1) is 0 Å². The summed E-state index contributed by atoms with van der Waals surface area (Å²) < 4.78 is 0. The third-order valence-corrected chi connectivity index (χ3v) is 2.83. The van der Waals surface area contributed by atoms with Crippen LogP contribution in [0, 0.1) is 0 Å². The quantitative estimate of drug-likeness (QED) is 0.659. The van der Waals surface area contributed by atoms with Crippen molar-refractivity contribution >= 4 is 12.1 Å². The highest BCUT2D eigenvalue weighted by Crippen LogP contribution is 2.23. The molecule has 0 unspecified atom stereocenters. The van der Waals surface area contributed by atoms with Crippen molar-refractivity contribution in [2.24, 2.45) is 0 Å². The van der Waals surface area contributed by atoms with Gasteiger partial charge in [-0.1, -0.05) is 6.07 Å². The maximum Gasteiger partial charge on any atom is 0.155 e.